The second kappa shape index (κ2) is 7.47. The van der Waals surface area contributed by atoms with Gasteiger partial charge in [-0.15, -0.1) is 0 Å². The van der Waals surface area contributed by atoms with Gasteiger partial charge in [-0.1, -0.05) is 30.3 Å². The maximum atomic E-state index is 11.7. The van der Waals surface area contributed by atoms with E-state index in [1.165, 1.54) is 7.11 Å². The average molecular weight is 291 g/mol. The fourth-order valence-corrected chi connectivity index (χ4v) is 1.55. The highest BCUT2D eigenvalue weighted by Crippen LogP contribution is 2.09. The van der Waals surface area contributed by atoms with Crippen LogP contribution >= 0.6 is 0 Å². The minimum Gasteiger partial charge on any atom is -0.466 e. The first-order valence-corrected chi connectivity index (χ1v) is 6.62. The first kappa shape index (κ1) is 16.8. The summed E-state index contributed by atoms with van der Waals surface area (Å²) in [7, 11) is 1.30. The zero-order valence-corrected chi connectivity index (χ0v) is 12.8. The zero-order chi connectivity index (χ0) is 15.9. The van der Waals surface area contributed by atoms with Crippen molar-refractivity contribution in [2.45, 2.75) is 26.4 Å². The number of rotatable bonds is 4. The summed E-state index contributed by atoms with van der Waals surface area (Å²) in [6, 6.07) is 9.32. The Balaban J connectivity index is 2.75. The van der Waals surface area contributed by atoms with Crippen LogP contribution in [0.5, 0.6) is 0 Å². The van der Waals surface area contributed by atoms with Gasteiger partial charge in [-0.2, -0.15) is 0 Å². The molecule has 0 saturated heterocycles. The van der Waals surface area contributed by atoms with Crippen molar-refractivity contribution >= 4 is 18.1 Å². The maximum Gasteiger partial charge on any atom is 0.407 e. The Kier molecular flexibility index (Phi) is 5.96. The van der Waals surface area contributed by atoms with Crippen LogP contribution in [0.3, 0.4) is 0 Å². The van der Waals surface area contributed by atoms with Gasteiger partial charge in [0.25, 0.3) is 0 Å². The van der Waals surface area contributed by atoms with Crippen LogP contribution < -0.4 is 5.32 Å². The topological polar surface area (TPSA) is 64.6 Å². The largest absolute Gasteiger partial charge is 0.466 e. The van der Waals surface area contributed by atoms with E-state index < -0.39 is 17.7 Å². The molecule has 0 aromatic heterocycles. The van der Waals surface area contributed by atoms with E-state index in [1.54, 1.807) is 26.8 Å². The lowest BCUT2D eigenvalue weighted by Gasteiger charge is -2.19. The molecule has 114 valence electrons. The minimum atomic E-state index is -0.585. The summed E-state index contributed by atoms with van der Waals surface area (Å²) in [5.74, 6) is -0.491. The summed E-state index contributed by atoms with van der Waals surface area (Å²) in [5.41, 5.74) is 0.608. The summed E-state index contributed by atoms with van der Waals surface area (Å²) in [6.07, 6.45) is 1.09. The smallest absolute Gasteiger partial charge is 0.407 e. The number of amides is 1. The Labute approximate surface area is 124 Å². The van der Waals surface area contributed by atoms with Gasteiger partial charge in [-0.05, 0) is 32.4 Å². The number of nitrogens with one attached hydrogen (secondary N) is 1. The summed E-state index contributed by atoms with van der Waals surface area (Å²) < 4.78 is 9.84. The molecule has 0 atom stereocenters. The summed E-state index contributed by atoms with van der Waals surface area (Å²) >= 11 is 0. The number of esters is 1. The highest BCUT2D eigenvalue weighted by atomic mass is 16.6. The highest BCUT2D eigenvalue weighted by Gasteiger charge is 2.17. The number of hydrogen-bond donors (Lipinski definition) is 1. The maximum absolute atomic E-state index is 11.7. The third-order valence-electron chi connectivity index (χ3n) is 2.41. The van der Waals surface area contributed by atoms with Crippen LogP contribution in [0.15, 0.2) is 35.9 Å². The lowest BCUT2D eigenvalue weighted by Crippen LogP contribution is -2.34. The van der Waals surface area contributed by atoms with E-state index in [2.05, 4.69) is 5.32 Å². The number of methoxy groups -OCH3 is 1. The first-order valence-electron chi connectivity index (χ1n) is 6.62. The minimum absolute atomic E-state index is 0.0382. The van der Waals surface area contributed by atoms with Gasteiger partial charge in [0, 0.05) is 0 Å². The van der Waals surface area contributed by atoms with Crippen molar-refractivity contribution in [1.82, 2.24) is 5.32 Å². The number of benzene rings is 1. The Morgan fingerprint density at radius 2 is 1.81 bits per heavy atom. The zero-order valence-electron chi connectivity index (χ0n) is 12.8. The molecule has 0 aliphatic carbocycles. The van der Waals surface area contributed by atoms with E-state index in [0.29, 0.717) is 5.57 Å². The normalized spacial score (nSPS) is 11.7. The van der Waals surface area contributed by atoms with E-state index in [9.17, 15) is 9.59 Å². The molecule has 0 aliphatic rings. The fourth-order valence-electron chi connectivity index (χ4n) is 1.55. The first-order chi connectivity index (χ1) is 9.81. The molecule has 1 N–H and O–H groups in total. The molecule has 0 aliphatic heterocycles. The van der Waals surface area contributed by atoms with Crippen molar-refractivity contribution in [3.63, 3.8) is 0 Å². The third-order valence-corrected chi connectivity index (χ3v) is 2.41. The van der Waals surface area contributed by atoms with Crippen LogP contribution in [0.25, 0.3) is 6.08 Å². The quantitative estimate of drug-likeness (QED) is 0.684. The lowest BCUT2D eigenvalue weighted by molar-refractivity contribution is -0.136. The molecule has 5 heteroatoms. The van der Waals surface area contributed by atoms with Gasteiger partial charge >= 0.3 is 12.1 Å². The van der Waals surface area contributed by atoms with Gasteiger partial charge < -0.3 is 14.8 Å². The SMILES string of the molecule is COC(=O)C(=Cc1ccccc1)CNC(=O)OC(C)(C)C. The van der Waals surface area contributed by atoms with E-state index in [1.807, 2.05) is 30.3 Å². The molecular weight excluding hydrogens is 270 g/mol. The van der Waals surface area contributed by atoms with Gasteiger partial charge in [0.15, 0.2) is 0 Å². The molecule has 1 aromatic carbocycles. The Hall–Kier alpha value is -2.30. The van der Waals surface area contributed by atoms with Crippen LogP contribution in [-0.4, -0.2) is 31.3 Å². The number of carbonyl (C=O) groups is 2. The Morgan fingerprint density at radius 3 is 2.33 bits per heavy atom. The number of carbonyl (C=O) groups excluding carboxylic acids is 2. The lowest BCUT2D eigenvalue weighted by atomic mass is 10.1. The molecule has 0 radical (unpaired) electrons. The van der Waals surface area contributed by atoms with Crippen molar-refractivity contribution in [3.8, 4) is 0 Å². The summed E-state index contributed by atoms with van der Waals surface area (Å²) in [4.78, 5) is 23.3. The number of alkyl carbamates (subject to hydrolysis) is 1. The molecular formula is C16H21NO4. The van der Waals surface area contributed by atoms with Crippen molar-refractivity contribution < 1.29 is 19.1 Å². The molecule has 1 amide bonds. The summed E-state index contributed by atoms with van der Waals surface area (Å²) in [6.45, 7) is 5.35. The monoisotopic (exact) mass is 291 g/mol. The Bertz CT molecular complexity index is 515. The van der Waals surface area contributed by atoms with Crippen molar-refractivity contribution in [2.24, 2.45) is 0 Å². The van der Waals surface area contributed by atoms with Gasteiger partial charge in [-0.25, -0.2) is 9.59 Å². The van der Waals surface area contributed by atoms with E-state index >= 15 is 0 Å². The molecule has 0 bridgehead atoms. The fraction of sp³-hybridized carbons (Fsp3) is 0.375. The highest BCUT2D eigenvalue weighted by molar-refractivity contribution is 5.94. The third kappa shape index (κ3) is 6.61. The summed E-state index contributed by atoms with van der Waals surface area (Å²) in [5, 5.41) is 2.54. The molecule has 1 aromatic rings. The van der Waals surface area contributed by atoms with Crippen LogP contribution in [0.4, 0.5) is 4.79 Å². The number of ether oxygens (including phenoxy) is 2. The molecule has 0 heterocycles. The van der Waals surface area contributed by atoms with E-state index in [-0.39, 0.29) is 6.54 Å². The van der Waals surface area contributed by atoms with Crippen molar-refractivity contribution in [2.75, 3.05) is 13.7 Å². The van der Waals surface area contributed by atoms with Crippen molar-refractivity contribution in [3.05, 3.63) is 41.5 Å². The van der Waals surface area contributed by atoms with Crippen LogP contribution in [-0.2, 0) is 14.3 Å². The van der Waals surface area contributed by atoms with Gasteiger partial charge in [0.2, 0.25) is 0 Å². The standard InChI is InChI=1S/C16H21NO4/c1-16(2,3)21-15(19)17-11-13(14(18)20-4)10-12-8-6-5-7-9-12/h5-10H,11H2,1-4H3,(H,17,19). The second-order valence-electron chi connectivity index (χ2n) is 5.43. The molecule has 0 saturated carbocycles. The molecule has 21 heavy (non-hydrogen) atoms. The van der Waals surface area contributed by atoms with Crippen LogP contribution in [0, 0.1) is 0 Å². The van der Waals surface area contributed by atoms with E-state index in [0.717, 1.165) is 5.56 Å². The Morgan fingerprint density at radius 1 is 1.19 bits per heavy atom. The molecule has 0 unspecified atom stereocenters. The van der Waals surface area contributed by atoms with Crippen LogP contribution in [0.2, 0.25) is 0 Å². The molecule has 5 nitrogen and oxygen atoms in total. The van der Waals surface area contributed by atoms with Gasteiger partial charge in [0.1, 0.15) is 5.60 Å². The molecule has 0 fully saturated rings. The second-order valence-corrected chi connectivity index (χ2v) is 5.43. The predicted octanol–water partition coefficient (Wildman–Crippen LogP) is 2.77. The number of hydrogen-bond acceptors (Lipinski definition) is 4. The van der Waals surface area contributed by atoms with Gasteiger partial charge in [-0.3, -0.25) is 0 Å². The predicted molar refractivity (Wildman–Crippen MR) is 80.7 cm³/mol. The average Bonchev–Trinajstić information content (AvgIpc) is 2.41. The van der Waals surface area contributed by atoms with Crippen LogP contribution in [0.1, 0.15) is 26.3 Å². The van der Waals surface area contributed by atoms with E-state index in [4.69, 9.17) is 9.47 Å². The molecule has 0 spiro atoms. The molecule has 1 rings (SSSR count). The van der Waals surface area contributed by atoms with Gasteiger partial charge in [0.05, 0.1) is 19.2 Å². The van der Waals surface area contributed by atoms with Crippen molar-refractivity contribution in [1.29, 1.82) is 0 Å².